The van der Waals surface area contributed by atoms with E-state index in [1.807, 2.05) is 12.1 Å². The van der Waals surface area contributed by atoms with Gasteiger partial charge in [0.2, 0.25) is 11.8 Å². The van der Waals surface area contributed by atoms with E-state index >= 15 is 0 Å². The highest BCUT2D eigenvalue weighted by atomic mass is 16.2. The molecule has 5 nitrogen and oxygen atoms in total. The van der Waals surface area contributed by atoms with Crippen molar-refractivity contribution in [2.75, 3.05) is 23.8 Å². The van der Waals surface area contributed by atoms with Crippen LogP contribution in [0.1, 0.15) is 12.5 Å². The summed E-state index contributed by atoms with van der Waals surface area (Å²) in [6.07, 6.45) is 0.391. The van der Waals surface area contributed by atoms with Crippen LogP contribution in [0.3, 0.4) is 0 Å². The molecule has 0 aliphatic carbocycles. The normalized spacial score (nSPS) is 15.5. The first-order valence-electron chi connectivity index (χ1n) is 5.93. The fourth-order valence-electron chi connectivity index (χ4n) is 1.92. The van der Waals surface area contributed by atoms with E-state index in [4.69, 9.17) is 5.73 Å². The van der Waals surface area contributed by atoms with Crippen LogP contribution in [0.5, 0.6) is 0 Å². The zero-order chi connectivity index (χ0) is 13.3. The number of benzene rings is 1. The minimum Gasteiger partial charge on any atom is -0.330 e. The number of carbonyl (C=O) groups is 2. The Kier molecular flexibility index (Phi) is 3.34. The van der Waals surface area contributed by atoms with E-state index in [-0.39, 0.29) is 17.7 Å². The SMILES string of the molecule is CC(CN)C(=O)Nc1ccc2c(c1)CC(=O)N2C. The number of nitrogens with zero attached hydrogens (tertiary/aromatic N) is 1. The van der Waals surface area contributed by atoms with Crippen LogP contribution in [-0.4, -0.2) is 25.4 Å². The average molecular weight is 247 g/mol. The zero-order valence-electron chi connectivity index (χ0n) is 10.6. The molecule has 1 aromatic carbocycles. The van der Waals surface area contributed by atoms with Crippen molar-refractivity contribution in [2.24, 2.45) is 11.7 Å². The van der Waals surface area contributed by atoms with Gasteiger partial charge in [0.25, 0.3) is 0 Å². The van der Waals surface area contributed by atoms with E-state index in [0.29, 0.717) is 18.7 Å². The third kappa shape index (κ3) is 2.22. The van der Waals surface area contributed by atoms with Crippen LogP contribution in [0.15, 0.2) is 18.2 Å². The van der Waals surface area contributed by atoms with Crippen molar-refractivity contribution in [3.63, 3.8) is 0 Å². The molecule has 0 saturated heterocycles. The largest absolute Gasteiger partial charge is 0.330 e. The molecule has 1 unspecified atom stereocenters. The first-order chi connectivity index (χ1) is 8.52. The summed E-state index contributed by atoms with van der Waals surface area (Å²) in [7, 11) is 1.75. The molecule has 96 valence electrons. The molecule has 1 heterocycles. The highest BCUT2D eigenvalue weighted by molar-refractivity contribution is 6.02. The van der Waals surface area contributed by atoms with Crippen molar-refractivity contribution >= 4 is 23.2 Å². The average Bonchev–Trinajstić information content (AvgIpc) is 2.63. The molecule has 0 aromatic heterocycles. The lowest BCUT2D eigenvalue weighted by molar-refractivity contribution is -0.119. The Morgan fingerprint density at radius 3 is 2.94 bits per heavy atom. The molecule has 5 heteroatoms. The lowest BCUT2D eigenvalue weighted by Gasteiger charge is -2.12. The molecule has 2 amide bonds. The molecule has 1 aliphatic rings. The van der Waals surface area contributed by atoms with E-state index in [9.17, 15) is 9.59 Å². The summed E-state index contributed by atoms with van der Waals surface area (Å²) in [6, 6.07) is 5.50. The third-order valence-electron chi connectivity index (χ3n) is 3.23. The van der Waals surface area contributed by atoms with Gasteiger partial charge in [-0.15, -0.1) is 0 Å². The summed E-state index contributed by atoms with van der Waals surface area (Å²) >= 11 is 0. The van der Waals surface area contributed by atoms with Crippen molar-refractivity contribution in [1.29, 1.82) is 0 Å². The first kappa shape index (κ1) is 12.6. The van der Waals surface area contributed by atoms with E-state index in [1.54, 1.807) is 24.9 Å². The van der Waals surface area contributed by atoms with E-state index in [1.165, 1.54) is 0 Å². The molecule has 0 fully saturated rings. The Morgan fingerprint density at radius 2 is 2.28 bits per heavy atom. The molecular weight excluding hydrogens is 230 g/mol. The van der Waals surface area contributed by atoms with Crippen molar-refractivity contribution in [3.8, 4) is 0 Å². The van der Waals surface area contributed by atoms with Crippen LogP contribution >= 0.6 is 0 Å². The smallest absolute Gasteiger partial charge is 0.231 e. The van der Waals surface area contributed by atoms with Gasteiger partial charge in [-0.1, -0.05) is 6.92 Å². The Morgan fingerprint density at radius 1 is 1.56 bits per heavy atom. The van der Waals surface area contributed by atoms with Crippen LogP contribution in [0.25, 0.3) is 0 Å². The van der Waals surface area contributed by atoms with Crippen molar-refractivity contribution in [1.82, 2.24) is 0 Å². The molecule has 18 heavy (non-hydrogen) atoms. The second-order valence-corrected chi connectivity index (χ2v) is 4.60. The van der Waals surface area contributed by atoms with Gasteiger partial charge in [0.15, 0.2) is 0 Å². The number of hydrogen-bond acceptors (Lipinski definition) is 3. The molecule has 0 bridgehead atoms. The monoisotopic (exact) mass is 247 g/mol. The maximum Gasteiger partial charge on any atom is 0.231 e. The number of carbonyl (C=O) groups excluding carboxylic acids is 2. The number of likely N-dealkylation sites (N-methyl/N-ethyl adjacent to an activating group) is 1. The molecule has 0 saturated carbocycles. The van der Waals surface area contributed by atoms with Gasteiger partial charge in [0.05, 0.1) is 6.42 Å². The molecular formula is C13H17N3O2. The fraction of sp³-hybridized carbons (Fsp3) is 0.385. The van der Waals surface area contributed by atoms with Crippen LogP contribution in [0, 0.1) is 5.92 Å². The van der Waals surface area contributed by atoms with Gasteiger partial charge in [0.1, 0.15) is 0 Å². The van der Waals surface area contributed by atoms with Crippen LogP contribution in [0.2, 0.25) is 0 Å². The van der Waals surface area contributed by atoms with E-state index < -0.39 is 0 Å². The topological polar surface area (TPSA) is 75.4 Å². The third-order valence-corrected chi connectivity index (χ3v) is 3.23. The number of anilines is 2. The van der Waals surface area contributed by atoms with Gasteiger partial charge >= 0.3 is 0 Å². The van der Waals surface area contributed by atoms with Crippen molar-refractivity contribution in [2.45, 2.75) is 13.3 Å². The number of nitrogens with one attached hydrogen (secondary N) is 1. The molecule has 3 N–H and O–H groups in total. The van der Waals surface area contributed by atoms with Crippen molar-refractivity contribution in [3.05, 3.63) is 23.8 Å². The summed E-state index contributed by atoms with van der Waals surface area (Å²) < 4.78 is 0. The quantitative estimate of drug-likeness (QED) is 0.827. The first-order valence-corrected chi connectivity index (χ1v) is 5.93. The number of hydrogen-bond donors (Lipinski definition) is 2. The number of amides is 2. The predicted molar refractivity (Wildman–Crippen MR) is 70.4 cm³/mol. The molecule has 1 atom stereocenters. The summed E-state index contributed by atoms with van der Waals surface area (Å²) in [5, 5.41) is 2.80. The fourth-order valence-corrected chi connectivity index (χ4v) is 1.92. The summed E-state index contributed by atoms with van der Waals surface area (Å²) in [5.41, 5.74) is 8.00. The van der Waals surface area contributed by atoms with Gasteiger partial charge in [-0.05, 0) is 23.8 Å². The van der Waals surface area contributed by atoms with Crippen LogP contribution < -0.4 is 16.0 Å². The van der Waals surface area contributed by atoms with Gasteiger partial charge < -0.3 is 16.0 Å². The predicted octanol–water partition coefficient (Wildman–Crippen LogP) is 0.739. The van der Waals surface area contributed by atoms with Crippen LogP contribution in [0.4, 0.5) is 11.4 Å². The van der Waals surface area contributed by atoms with E-state index in [2.05, 4.69) is 5.32 Å². The Bertz CT molecular complexity index is 499. The lowest BCUT2D eigenvalue weighted by atomic mass is 10.1. The van der Waals surface area contributed by atoms with E-state index in [0.717, 1.165) is 11.3 Å². The van der Waals surface area contributed by atoms with Gasteiger partial charge in [-0.2, -0.15) is 0 Å². The van der Waals surface area contributed by atoms with Gasteiger partial charge in [-0.25, -0.2) is 0 Å². The molecule has 0 spiro atoms. The number of nitrogens with two attached hydrogens (primary N) is 1. The minimum absolute atomic E-state index is 0.0730. The van der Waals surface area contributed by atoms with Crippen molar-refractivity contribution < 1.29 is 9.59 Å². The highest BCUT2D eigenvalue weighted by Gasteiger charge is 2.24. The minimum atomic E-state index is -0.220. The Hall–Kier alpha value is -1.88. The second-order valence-electron chi connectivity index (χ2n) is 4.60. The zero-order valence-corrected chi connectivity index (χ0v) is 10.6. The van der Waals surface area contributed by atoms with Gasteiger partial charge in [-0.3, -0.25) is 9.59 Å². The molecule has 0 radical (unpaired) electrons. The molecule has 1 aromatic rings. The summed E-state index contributed by atoms with van der Waals surface area (Å²) in [4.78, 5) is 24.9. The number of fused-ring (bicyclic) bond motifs is 1. The summed E-state index contributed by atoms with van der Waals surface area (Å²) in [5.74, 6) is -0.249. The Labute approximate surface area is 106 Å². The number of rotatable bonds is 3. The maximum absolute atomic E-state index is 11.7. The maximum atomic E-state index is 11.7. The second kappa shape index (κ2) is 4.78. The molecule has 1 aliphatic heterocycles. The standard InChI is InChI=1S/C13H17N3O2/c1-8(7-14)13(18)15-10-3-4-11-9(5-10)6-12(17)16(11)2/h3-5,8H,6-7,14H2,1-2H3,(H,15,18). The lowest BCUT2D eigenvalue weighted by Crippen LogP contribution is -2.26. The molecule has 2 rings (SSSR count). The highest BCUT2D eigenvalue weighted by Crippen LogP contribution is 2.30. The summed E-state index contributed by atoms with van der Waals surface area (Å²) in [6.45, 7) is 2.10. The Balaban J connectivity index is 2.16. The van der Waals surface area contributed by atoms with Gasteiger partial charge in [0, 0.05) is 30.9 Å². The van der Waals surface area contributed by atoms with Crippen LogP contribution in [-0.2, 0) is 16.0 Å².